The Hall–Kier alpha value is -1.91. The fourth-order valence-electron chi connectivity index (χ4n) is 2.19. The molecular weight excluding hydrogens is 376 g/mol. The average Bonchev–Trinajstić information content (AvgIpc) is 2.67. The van der Waals surface area contributed by atoms with Crippen molar-refractivity contribution in [3.63, 3.8) is 0 Å². The summed E-state index contributed by atoms with van der Waals surface area (Å²) < 4.78 is 51.8. The van der Waals surface area contributed by atoms with Crippen LogP contribution in [0.2, 0.25) is 0 Å². The lowest BCUT2D eigenvalue weighted by Crippen LogP contribution is -2.25. The van der Waals surface area contributed by atoms with E-state index in [4.69, 9.17) is 5.84 Å². The van der Waals surface area contributed by atoms with Crippen LogP contribution < -0.4 is 15.9 Å². The number of hydrazone groups is 1. The van der Waals surface area contributed by atoms with Gasteiger partial charge in [0.15, 0.2) is 0 Å². The van der Waals surface area contributed by atoms with Gasteiger partial charge >= 0.3 is 0 Å². The molecule has 0 spiro atoms. The van der Waals surface area contributed by atoms with Crippen molar-refractivity contribution in [1.82, 2.24) is 10.0 Å². The molecule has 0 unspecified atom stereocenters. The molecule has 1 atom stereocenters. The Balaban J connectivity index is 2.72. The number of rotatable bonds is 13. The molecule has 0 aliphatic heterocycles. The number of aliphatic imine (C=N–C) groups is 1. The van der Waals surface area contributed by atoms with E-state index < -0.39 is 29.4 Å². The Kier molecular flexibility index (Phi) is 10.7. The van der Waals surface area contributed by atoms with Gasteiger partial charge in [0.05, 0.1) is 23.3 Å². The second kappa shape index (κ2) is 12.5. The predicted molar refractivity (Wildman–Crippen MR) is 104 cm³/mol. The molecule has 4 N–H and O–H groups in total. The summed E-state index contributed by atoms with van der Waals surface area (Å²) in [7, 11) is -1.87. The average molecular weight is 403 g/mol. The molecule has 0 heterocycles. The van der Waals surface area contributed by atoms with Gasteiger partial charge in [0.25, 0.3) is 0 Å². The number of hydrogen-bond donors (Lipinski definition) is 3. The van der Waals surface area contributed by atoms with Gasteiger partial charge in [-0.25, -0.2) is 17.5 Å². The Morgan fingerprint density at radius 3 is 2.52 bits per heavy atom. The van der Waals surface area contributed by atoms with Gasteiger partial charge in [0.1, 0.15) is 6.67 Å². The summed E-state index contributed by atoms with van der Waals surface area (Å²) in [4.78, 5) is 4.26. The maximum atomic E-state index is 13.3. The Bertz CT molecular complexity index is 709. The molecule has 0 bridgehead atoms. The zero-order valence-electron chi connectivity index (χ0n) is 15.4. The summed E-state index contributed by atoms with van der Waals surface area (Å²) in [5.74, 6) is 5.29. The second-order valence-electron chi connectivity index (χ2n) is 5.85. The third-order valence-corrected chi connectivity index (χ3v) is 5.19. The molecule has 10 heteroatoms. The first kappa shape index (κ1) is 23.1. The summed E-state index contributed by atoms with van der Waals surface area (Å²) in [5.41, 5.74) is 1.31. The van der Waals surface area contributed by atoms with Gasteiger partial charge in [0, 0.05) is 25.7 Å². The number of nitrogens with one attached hydrogen (secondary N) is 2. The minimum absolute atomic E-state index is 0.0395. The fraction of sp³-hybridized carbons (Fsp3) is 0.529. The van der Waals surface area contributed by atoms with Crippen LogP contribution in [0.5, 0.6) is 0 Å². The minimum Gasteiger partial charge on any atom is -0.323 e. The number of nitrogens with two attached hydrogens (primary N) is 1. The third-order valence-electron chi connectivity index (χ3n) is 3.72. The van der Waals surface area contributed by atoms with Crippen LogP contribution in [0.1, 0.15) is 18.4 Å². The Labute approximate surface area is 159 Å². The Morgan fingerprint density at radius 1 is 1.26 bits per heavy atom. The quantitative estimate of drug-likeness (QED) is 0.199. The summed E-state index contributed by atoms with van der Waals surface area (Å²) >= 11 is 0. The highest BCUT2D eigenvalue weighted by Crippen LogP contribution is 2.13. The van der Waals surface area contributed by atoms with E-state index in [9.17, 15) is 17.2 Å². The van der Waals surface area contributed by atoms with E-state index in [0.717, 1.165) is 5.56 Å². The van der Waals surface area contributed by atoms with Crippen molar-refractivity contribution in [3.8, 4) is 0 Å². The first-order chi connectivity index (χ1) is 13.0. The summed E-state index contributed by atoms with van der Waals surface area (Å²) in [6.45, 7) is -0.529. The second-order valence-corrected chi connectivity index (χ2v) is 7.62. The summed E-state index contributed by atoms with van der Waals surface area (Å²) in [5, 5.41) is 6.58. The summed E-state index contributed by atoms with van der Waals surface area (Å²) in [6, 6.07) is 5.49. The van der Waals surface area contributed by atoms with Crippen molar-refractivity contribution in [2.45, 2.75) is 30.2 Å². The topological polar surface area (TPSA) is 109 Å². The molecule has 0 saturated carbocycles. The van der Waals surface area contributed by atoms with E-state index in [-0.39, 0.29) is 17.9 Å². The van der Waals surface area contributed by atoms with E-state index in [1.807, 2.05) is 0 Å². The van der Waals surface area contributed by atoms with Crippen LogP contribution in [0.4, 0.5) is 8.78 Å². The van der Waals surface area contributed by atoms with E-state index in [0.29, 0.717) is 25.1 Å². The molecule has 1 rings (SSSR count). The molecule has 0 fully saturated rings. The third kappa shape index (κ3) is 8.55. The van der Waals surface area contributed by atoms with Crippen LogP contribution in [0.15, 0.2) is 39.3 Å². The molecule has 152 valence electrons. The highest BCUT2D eigenvalue weighted by molar-refractivity contribution is 7.89. The first-order valence-electron chi connectivity index (χ1n) is 8.62. The zero-order valence-corrected chi connectivity index (χ0v) is 16.2. The SMILES string of the molecule is CNCCC(C=N[C@H](CF)Cc1ccc(S(=O)(=O)NCCCF)cc1)=NN. The molecule has 7 nitrogen and oxygen atoms in total. The fourth-order valence-corrected chi connectivity index (χ4v) is 3.26. The smallest absolute Gasteiger partial charge is 0.240 e. The molecule has 0 aliphatic rings. The van der Waals surface area contributed by atoms with Gasteiger partial charge in [-0.1, -0.05) is 12.1 Å². The van der Waals surface area contributed by atoms with E-state index in [1.165, 1.54) is 18.3 Å². The van der Waals surface area contributed by atoms with Crippen LogP contribution in [0.3, 0.4) is 0 Å². The van der Waals surface area contributed by atoms with Crippen molar-refractivity contribution in [2.24, 2.45) is 15.9 Å². The number of nitrogens with zero attached hydrogens (tertiary/aromatic N) is 2. The van der Waals surface area contributed by atoms with E-state index in [2.05, 4.69) is 20.1 Å². The Morgan fingerprint density at radius 2 is 1.96 bits per heavy atom. The lowest BCUT2D eigenvalue weighted by atomic mass is 10.1. The molecule has 0 aliphatic carbocycles. The molecule has 0 saturated heterocycles. The van der Waals surface area contributed by atoms with Gasteiger partial charge in [0.2, 0.25) is 10.0 Å². The molecule has 1 aromatic carbocycles. The predicted octanol–water partition coefficient (Wildman–Crippen LogP) is 1.20. The number of hydrogen-bond acceptors (Lipinski definition) is 6. The zero-order chi connectivity index (χ0) is 20.1. The minimum atomic E-state index is -3.67. The van der Waals surface area contributed by atoms with Gasteiger partial charge in [-0.3, -0.25) is 9.38 Å². The molecule has 1 aromatic rings. The number of alkyl halides is 2. The largest absolute Gasteiger partial charge is 0.323 e. The molecule has 0 amide bonds. The lowest BCUT2D eigenvalue weighted by Gasteiger charge is -2.10. The van der Waals surface area contributed by atoms with Gasteiger partial charge in [-0.15, -0.1) is 0 Å². The van der Waals surface area contributed by atoms with Crippen molar-refractivity contribution in [1.29, 1.82) is 0 Å². The molecular formula is C17H27F2N5O2S. The number of sulfonamides is 1. The van der Waals surface area contributed by atoms with Gasteiger partial charge in [-0.05, 0) is 37.6 Å². The van der Waals surface area contributed by atoms with Gasteiger partial charge < -0.3 is 11.2 Å². The summed E-state index contributed by atoms with van der Waals surface area (Å²) in [6.07, 6.45) is 2.48. The number of benzene rings is 1. The monoisotopic (exact) mass is 403 g/mol. The van der Waals surface area contributed by atoms with Crippen molar-refractivity contribution in [3.05, 3.63) is 29.8 Å². The first-order valence-corrected chi connectivity index (χ1v) is 10.1. The maximum Gasteiger partial charge on any atom is 0.240 e. The molecule has 0 radical (unpaired) electrons. The van der Waals surface area contributed by atoms with E-state index in [1.54, 1.807) is 19.2 Å². The van der Waals surface area contributed by atoms with Crippen molar-refractivity contribution in [2.75, 3.05) is 33.5 Å². The van der Waals surface area contributed by atoms with E-state index >= 15 is 0 Å². The van der Waals surface area contributed by atoms with Crippen molar-refractivity contribution >= 4 is 21.9 Å². The van der Waals surface area contributed by atoms with Gasteiger partial charge in [-0.2, -0.15) is 5.10 Å². The standard InChI is InChI=1S/C17H27F2N5O2S/c1-21-10-7-15(24-20)13-22-16(12-19)11-14-3-5-17(6-4-14)27(25,26)23-9-2-8-18/h3-6,13,16,21,23H,2,7-12,20H2,1H3/t16-/m0/s1. The molecule has 27 heavy (non-hydrogen) atoms. The maximum absolute atomic E-state index is 13.3. The van der Waals surface area contributed by atoms with Crippen LogP contribution >= 0.6 is 0 Å². The van der Waals surface area contributed by atoms with Crippen LogP contribution in [-0.4, -0.2) is 59.9 Å². The lowest BCUT2D eigenvalue weighted by molar-refractivity contribution is 0.429. The molecule has 0 aromatic heterocycles. The highest BCUT2D eigenvalue weighted by atomic mass is 32.2. The van der Waals surface area contributed by atoms with Crippen LogP contribution in [0, 0.1) is 0 Å². The van der Waals surface area contributed by atoms with Crippen molar-refractivity contribution < 1.29 is 17.2 Å². The number of halogens is 2. The van der Waals surface area contributed by atoms with Crippen LogP contribution in [-0.2, 0) is 16.4 Å². The van der Waals surface area contributed by atoms with Crippen LogP contribution in [0.25, 0.3) is 0 Å². The highest BCUT2D eigenvalue weighted by Gasteiger charge is 2.14. The normalized spacial score (nSPS) is 14.0.